The van der Waals surface area contributed by atoms with Crippen LogP contribution in [0.5, 0.6) is 0 Å². The lowest BCUT2D eigenvalue weighted by Crippen LogP contribution is -2.02. The second kappa shape index (κ2) is 8.36. The van der Waals surface area contributed by atoms with Gasteiger partial charge in [0, 0.05) is 17.7 Å². The molecule has 0 bridgehead atoms. The van der Waals surface area contributed by atoms with Crippen molar-refractivity contribution in [2.75, 3.05) is 5.43 Å². The summed E-state index contributed by atoms with van der Waals surface area (Å²) >= 11 is 0. The molecule has 0 saturated heterocycles. The highest BCUT2D eigenvalue weighted by Crippen LogP contribution is 2.21. The summed E-state index contributed by atoms with van der Waals surface area (Å²) in [5.74, 6) is 0. The Morgan fingerprint density at radius 2 is 1.70 bits per heavy atom. The molecule has 1 N–H and O–H groups in total. The first-order valence-corrected chi connectivity index (χ1v) is 9.23. The van der Waals surface area contributed by atoms with E-state index < -0.39 is 4.92 Å². The van der Waals surface area contributed by atoms with Crippen LogP contribution in [0, 0.1) is 10.1 Å². The fourth-order valence-electron chi connectivity index (χ4n) is 2.95. The highest BCUT2D eigenvalue weighted by Gasteiger charge is 2.09. The van der Waals surface area contributed by atoms with E-state index in [0.29, 0.717) is 5.69 Å². The quantitative estimate of drug-likeness (QED) is 0.289. The molecule has 0 aliphatic rings. The molecule has 0 fully saturated rings. The Kier molecular flexibility index (Phi) is 5.29. The van der Waals surface area contributed by atoms with Crippen LogP contribution in [0.15, 0.2) is 90.2 Å². The van der Waals surface area contributed by atoms with E-state index in [1.165, 1.54) is 12.1 Å². The van der Waals surface area contributed by atoms with Crippen LogP contribution in [-0.2, 0) is 0 Å². The Balaban J connectivity index is 1.50. The molecule has 8 nitrogen and oxygen atoms in total. The van der Waals surface area contributed by atoms with Gasteiger partial charge in [-0.25, -0.2) is 4.68 Å². The van der Waals surface area contributed by atoms with E-state index in [2.05, 4.69) is 20.8 Å². The summed E-state index contributed by atoms with van der Waals surface area (Å²) in [5.41, 5.74) is 8.20. The Labute approximate surface area is 172 Å². The maximum Gasteiger partial charge on any atom is 0.269 e. The average molecular weight is 398 g/mol. The number of hydrogen-bond donors (Lipinski definition) is 1. The summed E-state index contributed by atoms with van der Waals surface area (Å²) < 4.78 is 1.79. The minimum Gasteiger partial charge on any atom is -0.278 e. The molecule has 4 rings (SSSR count). The summed E-state index contributed by atoms with van der Waals surface area (Å²) in [7, 11) is 0. The summed E-state index contributed by atoms with van der Waals surface area (Å²) in [6, 6.07) is 23.9. The number of nitrogens with zero attached hydrogens (tertiary/aromatic N) is 5. The third kappa shape index (κ3) is 4.07. The second-order valence-corrected chi connectivity index (χ2v) is 6.56. The van der Waals surface area contributed by atoms with Gasteiger partial charge in [-0.05, 0) is 36.8 Å². The molecule has 3 aromatic carbocycles. The number of nitro groups is 1. The van der Waals surface area contributed by atoms with Crippen LogP contribution in [-0.4, -0.2) is 25.6 Å². The van der Waals surface area contributed by atoms with Gasteiger partial charge in [-0.2, -0.15) is 5.10 Å². The van der Waals surface area contributed by atoms with Gasteiger partial charge in [0.25, 0.3) is 5.69 Å². The smallest absolute Gasteiger partial charge is 0.269 e. The van der Waals surface area contributed by atoms with Gasteiger partial charge in [0.15, 0.2) is 0 Å². The molecule has 0 unspecified atom stereocenters. The average Bonchev–Trinajstić information content (AvgIpc) is 3.28. The van der Waals surface area contributed by atoms with Crippen LogP contribution in [0.3, 0.4) is 0 Å². The number of hydrogen-bond acceptors (Lipinski definition) is 6. The van der Waals surface area contributed by atoms with Crippen molar-refractivity contribution in [3.05, 3.63) is 101 Å². The lowest BCUT2D eigenvalue weighted by molar-refractivity contribution is -0.384. The zero-order valence-corrected chi connectivity index (χ0v) is 16.1. The maximum absolute atomic E-state index is 10.7. The number of non-ortho nitro benzene ring substituents is 1. The molecule has 0 saturated carbocycles. The molecule has 8 heteroatoms. The van der Waals surface area contributed by atoms with Crippen LogP contribution in [0.2, 0.25) is 0 Å². The lowest BCUT2D eigenvalue weighted by atomic mass is 10.1. The molecule has 0 aliphatic heterocycles. The van der Waals surface area contributed by atoms with E-state index >= 15 is 0 Å². The first-order chi connectivity index (χ1) is 14.6. The zero-order valence-electron chi connectivity index (χ0n) is 16.1. The van der Waals surface area contributed by atoms with Crippen LogP contribution < -0.4 is 5.43 Å². The number of nitrogens with one attached hydrogen (secondary N) is 1. The number of anilines is 1. The zero-order chi connectivity index (χ0) is 20.9. The fraction of sp³-hybridized carbons (Fsp3) is 0.0455. The number of rotatable bonds is 6. The summed E-state index contributed by atoms with van der Waals surface area (Å²) in [6.07, 6.45) is 1.74. The van der Waals surface area contributed by atoms with Crippen molar-refractivity contribution in [2.45, 2.75) is 6.92 Å². The van der Waals surface area contributed by atoms with Gasteiger partial charge in [0.2, 0.25) is 0 Å². The number of aromatic nitrogens is 3. The Morgan fingerprint density at radius 3 is 2.37 bits per heavy atom. The molecular weight excluding hydrogens is 380 g/mol. The van der Waals surface area contributed by atoms with Gasteiger partial charge in [0.1, 0.15) is 0 Å². The van der Waals surface area contributed by atoms with Crippen molar-refractivity contribution >= 4 is 17.1 Å². The number of nitro benzene ring substituents is 1. The topological polar surface area (TPSA) is 98.2 Å². The van der Waals surface area contributed by atoms with Crippen molar-refractivity contribution in [1.82, 2.24) is 15.0 Å². The SMILES string of the molecule is CC(=NNc1ccc([N+](=O)[O-])cc1)c1ccc(-n2nncc2-c2ccccc2)cc1. The highest BCUT2D eigenvalue weighted by molar-refractivity contribution is 5.99. The van der Waals surface area contributed by atoms with Gasteiger partial charge in [0.05, 0.1) is 33.9 Å². The Hall–Kier alpha value is -4.33. The summed E-state index contributed by atoms with van der Waals surface area (Å²) in [4.78, 5) is 10.3. The van der Waals surface area contributed by atoms with Crippen molar-refractivity contribution < 1.29 is 4.92 Å². The van der Waals surface area contributed by atoms with Gasteiger partial charge in [-0.3, -0.25) is 15.5 Å². The molecule has 0 aliphatic carbocycles. The molecule has 1 heterocycles. The van der Waals surface area contributed by atoms with Crippen molar-refractivity contribution in [3.63, 3.8) is 0 Å². The summed E-state index contributed by atoms with van der Waals surface area (Å²) in [5, 5.41) is 23.3. The molecule has 0 amide bonds. The molecule has 0 spiro atoms. The normalized spacial score (nSPS) is 11.3. The monoisotopic (exact) mass is 398 g/mol. The van der Waals surface area contributed by atoms with Crippen LogP contribution in [0.25, 0.3) is 16.9 Å². The molecule has 0 radical (unpaired) electrons. The minimum absolute atomic E-state index is 0.0415. The van der Waals surface area contributed by atoms with E-state index in [1.54, 1.807) is 23.0 Å². The predicted molar refractivity (Wildman–Crippen MR) is 116 cm³/mol. The van der Waals surface area contributed by atoms with E-state index in [9.17, 15) is 10.1 Å². The van der Waals surface area contributed by atoms with E-state index in [4.69, 9.17) is 0 Å². The number of benzene rings is 3. The van der Waals surface area contributed by atoms with Crippen LogP contribution in [0.4, 0.5) is 11.4 Å². The molecular formula is C22H18N6O2. The Morgan fingerprint density at radius 1 is 1.00 bits per heavy atom. The summed E-state index contributed by atoms with van der Waals surface area (Å²) in [6.45, 7) is 1.89. The van der Waals surface area contributed by atoms with Gasteiger partial charge in [-0.1, -0.05) is 47.7 Å². The lowest BCUT2D eigenvalue weighted by Gasteiger charge is -2.08. The third-order valence-corrected chi connectivity index (χ3v) is 4.58. The highest BCUT2D eigenvalue weighted by atomic mass is 16.6. The Bertz CT molecular complexity index is 1180. The van der Waals surface area contributed by atoms with E-state index in [0.717, 1.165) is 28.2 Å². The third-order valence-electron chi connectivity index (χ3n) is 4.58. The molecule has 0 atom stereocenters. The van der Waals surface area contributed by atoms with Crippen LogP contribution in [0.1, 0.15) is 12.5 Å². The minimum atomic E-state index is -0.432. The molecule has 4 aromatic rings. The predicted octanol–water partition coefficient (Wildman–Crippen LogP) is 4.68. The van der Waals surface area contributed by atoms with Crippen molar-refractivity contribution in [1.29, 1.82) is 0 Å². The first kappa shape index (κ1) is 19.0. The van der Waals surface area contributed by atoms with Crippen molar-refractivity contribution in [2.24, 2.45) is 5.10 Å². The number of hydrazone groups is 1. The largest absolute Gasteiger partial charge is 0.278 e. The second-order valence-electron chi connectivity index (χ2n) is 6.56. The molecule has 148 valence electrons. The maximum atomic E-state index is 10.7. The van der Waals surface area contributed by atoms with Gasteiger partial charge < -0.3 is 0 Å². The van der Waals surface area contributed by atoms with Crippen molar-refractivity contribution in [3.8, 4) is 16.9 Å². The van der Waals surface area contributed by atoms with E-state index in [-0.39, 0.29) is 5.69 Å². The fourth-order valence-corrected chi connectivity index (χ4v) is 2.95. The van der Waals surface area contributed by atoms with Gasteiger partial charge >= 0.3 is 0 Å². The standard InChI is InChI=1S/C22H18N6O2/c1-16(24-25-19-9-13-21(14-10-19)28(29)30)17-7-11-20(12-8-17)27-22(15-23-26-27)18-5-3-2-4-6-18/h2-15,25H,1H3. The van der Waals surface area contributed by atoms with Crippen LogP contribution >= 0.6 is 0 Å². The van der Waals surface area contributed by atoms with E-state index in [1.807, 2.05) is 61.5 Å². The first-order valence-electron chi connectivity index (χ1n) is 9.23. The van der Waals surface area contributed by atoms with Gasteiger partial charge in [-0.15, -0.1) is 5.10 Å². The molecule has 30 heavy (non-hydrogen) atoms. The molecule has 1 aromatic heterocycles.